The molecule has 0 aliphatic rings. The van der Waals surface area contributed by atoms with Gasteiger partial charge in [-0.3, -0.25) is 0 Å². The number of anilines is 1. The number of halogens is 1. The number of hydrogen-bond donors (Lipinski definition) is 1. The van der Waals surface area contributed by atoms with E-state index < -0.39 is 0 Å². The van der Waals surface area contributed by atoms with Crippen molar-refractivity contribution in [1.29, 1.82) is 0 Å². The molecular weight excluding hydrogens is 270 g/mol. The third-order valence-corrected chi connectivity index (χ3v) is 3.28. The van der Waals surface area contributed by atoms with Crippen molar-refractivity contribution < 1.29 is 4.42 Å². The highest BCUT2D eigenvalue weighted by Gasteiger charge is 2.04. The van der Waals surface area contributed by atoms with E-state index in [0.29, 0.717) is 6.54 Å². The Hall–Kier alpha value is -2.19. The van der Waals surface area contributed by atoms with E-state index in [1.807, 2.05) is 66.7 Å². The third kappa shape index (κ3) is 3.03. The molecule has 0 aliphatic carbocycles. The molecule has 3 heteroatoms. The second-order valence-electron chi connectivity index (χ2n) is 4.49. The predicted molar refractivity (Wildman–Crippen MR) is 82.9 cm³/mol. The molecule has 2 aromatic carbocycles. The molecule has 0 bridgehead atoms. The monoisotopic (exact) mass is 283 g/mol. The van der Waals surface area contributed by atoms with Crippen molar-refractivity contribution in [3.05, 3.63) is 77.5 Å². The maximum Gasteiger partial charge on any atom is 0.134 e. The standard InChI is InChI=1S/C17H14ClNO/c18-14-8-6-13(7-9-14)17-11-10-16(20-17)12-19-15-4-2-1-3-5-15/h1-11,19H,12H2. The second kappa shape index (κ2) is 5.85. The summed E-state index contributed by atoms with van der Waals surface area (Å²) in [5.41, 5.74) is 2.11. The van der Waals surface area contributed by atoms with Crippen LogP contribution >= 0.6 is 11.6 Å². The van der Waals surface area contributed by atoms with E-state index in [4.69, 9.17) is 16.0 Å². The van der Waals surface area contributed by atoms with Gasteiger partial charge in [-0.1, -0.05) is 29.8 Å². The smallest absolute Gasteiger partial charge is 0.134 e. The number of para-hydroxylation sites is 1. The van der Waals surface area contributed by atoms with Crippen LogP contribution in [0.5, 0.6) is 0 Å². The molecule has 0 spiro atoms. The molecule has 0 unspecified atom stereocenters. The number of nitrogens with one attached hydrogen (secondary N) is 1. The fourth-order valence-corrected chi connectivity index (χ4v) is 2.11. The molecule has 0 saturated heterocycles. The Bertz CT molecular complexity index is 674. The van der Waals surface area contributed by atoms with Gasteiger partial charge in [0.1, 0.15) is 11.5 Å². The molecule has 0 aliphatic heterocycles. The van der Waals surface area contributed by atoms with Crippen LogP contribution in [0.15, 0.2) is 71.1 Å². The van der Waals surface area contributed by atoms with E-state index in [-0.39, 0.29) is 0 Å². The lowest BCUT2D eigenvalue weighted by molar-refractivity contribution is 0.531. The summed E-state index contributed by atoms with van der Waals surface area (Å²) in [5.74, 6) is 1.75. The van der Waals surface area contributed by atoms with Crippen LogP contribution in [0.3, 0.4) is 0 Å². The zero-order valence-electron chi connectivity index (χ0n) is 10.8. The molecule has 1 N–H and O–H groups in total. The first kappa shape index (κ1) is 12.8. The largest absolute Gasteiger partial charge is 0.459 e. The highest BCUT2D eigenvalue weighted by Crippen LogP contribution is 2.24. The Balaban J connectivity index is 1.69. The molecule has 1 heterocycles. The van der Waals surface area contributed by atoms with Crippen molar-refractivity contribution in [2.24, 2.45) is 0 Å². The van der Waals surface area contributed by atoms with Crippen LogP contribution in [0.1, 0.15) is 5.76 Å². The van der Waals surface area contributed by atoms with Crippen molar-refractivity contribution in [3.8, 4) is 11.3 Å². The van der Waals surface area contributed by atoms with Gasteiger partial charge in [0, 0.05) is 16.3 Å². The summed E-state index contributed by atoms with van der Waals surface area (Å²) in [6.07, 6.45) is 0. The minimum absolute atomic E-state index is 0.664. The van der Waals surface area contributed by atoms with Gasteiger partial charge in [-0.25, -0.2) is 0 Å². The van der Waals surface area contributed by atoms with Gasteiger partial charge < -0.3 is 9.73 Å². The Morgan fingerprint density at radius 3 is 2.35 bits per heavy atom. The first-order valence-electron chi connectivity index (χ1n) is 6.45. The van der Waals surface area contributed by atoms with Gasteiger partial charge in [-0.05, 0) is 48.5 Å². The molecule has 0 radical (unpaired) electrons. The van der Waals surface area contributed by atoms with Crippen LogP contribution < -0.4 is 5.32 Å². The average Bonchev–Trinajstić information content (AvgIpc) is 2.96. The molecule has 3 aromatic rings. The van der Waals surface area contributed by atoms with Crippen molar-refractivity contribution in [3.63, 3.8) is 0 Å². The summed E-state index contributed by atoms with van der Waals surface area (Å²) >= 11 is 5.88. The second-order valence-corrected chi connectivity index (χ2v) is 4.93. The molecule has 2 nitrogen and oxygen atoms in total. The van der Waals surface area contributed by atoms with Crippen molar-refractivity contribution in [2.75, 3.05) is 5.32 Å². The Kier molecular flexibility index (Phi) is 3.75. The lowest BCUT2D eigenvalue weighted by Crippen LogP contribution is -1.97. The minimum Gasteiger partial charge on any atom is -0.459 e. The number of rotatable bonds is 4. The minimum atomic E-state index is 0.664. The first-order valence-corrected chi connectivity index (χ1v) is 6.83. The van der Waals surface area contributed by atoms with E-state index in [0.717, 1.165) is 27.8 Å². The van der Waals surface area contributed by atoms with E-state index in [1.54, 1.807) is 0 Å². The molecule has 0 amide bonds. The van der Waals surface area contributed by atoms with Crippen LogP contribution in [0.4, 0.5) is 5.69 Å². The number of hydrogen-bond acceptors (Lipinski definition) is 2. The Labute approximate surface area is 123 Å². The molecule has 0 fully saturated rings. The fourth-order valence-electron chi connectivity index (χ4n) is 1.99. The van der Waals surface area contributed by atoms with Crippen LogP contribution in [0.25, 0.3) is 11.3 Å². The molecule has 0 saturated carbocycles. The van der Waals surface area contributed by atoms with E-state index in [9.17, 15) is 0 Å². The molecule has 0 atom stereocenters. The average molecular weight is 284 g/mol. The van der Waals surface area contributed by atoms with Gasteiger partial charge >= 0.3 is 0 Å². The normalized spacial score (nSPS) is 10.4. The van der Waals surface area contributed by atoms with Crippen molar-refractivity contribution in [2.45, 2.75) is 6.54 Å². The lowest BCUT2D eigenvalue weighted by Gasteiger charge is -2.03. The van der Waals surface area contributed by atoms with E-state index in [1.165, 1.54) is 0 Å². The van der Waals surface area contributed by atoms with Gasteiger partial charge in [0.25, 0.3) is 0 Å². The van der Waals surface area contributed by atoms with Crippen LogP contribution in [-0.4, -0.2) is 0 Å². The molecule has 20 heavy (non-hydrogen) atoms. The number of furan rings is 1. The topological polar surface area (TPSA) is 25.2 Å². The predicted octanol–water partition coefficient (Wildman–Crippen LogP) is 5.21. The third-order valence-electron chi connectivity index (χ3n) is 3.03. The summed E-state index contributed by atoms with van der Waals surface area (Å²) < 4.78 is 5.83. The SMILES string of the molecule is Clc1ccc(-c2ccc(CNc3ccccc3)o2)cc1. The Morgan fingerprint density at radius 1 is 0.850 bits per heavy atom. The van der Waals surface area contributed by atoms with Gasteiger partial charge in [0.15, 0.2) is 0 Å². The molecular formula is C17H14ClNO. The van der Waals surface area contributed by atoms with Crippen LogP contribution in [0.2, 0.25) is 5.02 Å². The molecule has 1 aromatic heterocycles. The van der Waals surface area contributed by atoms with Crippen LogP contribution in [-0.2, 0) is 6.54 Å². The first-order chi connectivity index (χ1) is 9.81. The fraction of sp³-hybridized carbons (Fsp3) is 0.0588. The molecule has 3 rings (SSSR count). The van der Waals surface area contributed by atoms with E-state index >= 15 is 0 Å². The quantitative estimate of drug-likeness (QED) is 0.711. The van der Waals surface area contributed by atoms with Crippen molar-refractivity contribution in [1.82, 2.24) is 0 Å². The van der Waals surface area contributed by atoms with E-state index in [2.05, 4.69) is 5.32 Å². The van der Waals surface area contributed by atoms with Crippen LogP contribution in [0, 0.1) is 0 Å². The molecule has 100 valence electrons. The number of benzene rings is 2. The zero-order chi connectivity index (χ0) is 13.8. The van der Waals surface area contributed by atoms with Gasteiger partial charge in [0.05, 0.1) is 6.54 Å². The summed E-state index contributed by atoms with van der Waals surface area (Å²) in [6, 6.07) is 21.7. The van der Waals surface area contributed by atoms with Gasteiger partial charge in [-0.2, -0.15) is 0 Å². The summed E-state index contributed by atoms with van der Waals surface area (Å²) in [7, 11) is 0. The summed E-state index contributed by atoms with van der Waals surface area (Å²) in [4.78, 5) is 0. The van der Waals surface area contributed by atoms with Gasteiger partial charge in [-0.15, -0.1) is 0 Å². The summed E-state index contributed by atoms with van der Waals surface area (Å²) in [6.45, 7) is 0.664. The van der Waals surface area contributed by atoms with Crippen molar-refractivity contribution >= 4 is 17.3 Å². The highest BCUT2D eigenvalue weighted by molar-refractivity contribution is 6.30. The van der Waals surface area contributed by atoms with Gasteiger partial charge in [0.2, 0.25) is 0 Å². The lowest BCUT2D eigenvalue weighted by atomic mass is 10.2. The Morgan fingerprint density at radius 2 is 1.60 bits per heavy atom. The maximum absolute atomic E-state index is 5.88. The zero-order valence-corrected chi connectivity index (χ0v) is 11.6. The summed E-state index contributed by atoms with van der Waals surface area (Å²) in [5, 5.41) is 4.05. The maximum atomic E-state index is 5.88. The highest BCUT2D eigenvalue weighted by atomic mass is 35.5.